The third-order valence-corrected chi connectivity index (χ3v) is 4.39. The fourth-order valence-electron chi connectivity index (χ4n) is 3.10. The van der Waals surface area contributed by atoms with Crippen molar-refractivity contribution in [2.45, 2.75) is 32.2 Å². The zero-order chi connectivity index (χ0) is 17.8. The van der Waals surface area contributed by atoms with Crippen LogP contribution in [-0.2, 0) is 6.42 Å². The molecule has 1 aromatic heterocycles. The number of nitrogens with zero attached hydrogens (tertiary/aromatic N) is 4. The summed E-state index contributed by atoms with van der Waals surface area (Å²) in [5.41, 5.74) is 7.81. The second-order valence-corrected chi connectivity index (χ2v) is 6.18. The largest absolute Gasteiger partial charge is 0.399 e. The van der Waals surface area contributed by atoms with Crippen molar-refractivity contribution < 1.29 is 4.92 Å². The molecule has 0 radical (unpaired) electrons. The minimum absolute atomic E-state index is 0.0432. The minimum Gasteiger partial charge on any atom is -0.399 e. The van der Waals surface area contributed by atoms with E-state index < -0.39 is 0 Å². The monoisotopic (exact) mass is 342 g/mol. The summed E-state index contributed by atoms with van der Waals surface area (Å²) < 4.78 is 0. The molecule has 1 aromatic carbocycles. The summed E-state index contributed by atoms with van der Waals surface area (Å²) in [5, 5.41) is 14.5. The van der Waals surface area contributed by atoms with Gasteiger partial charge in [0.2, 0.25) is 0 Å². The van der Waals surface area contributed by atoms with Crippen molar-refractivity contribution in [1.29, 1.82) is 0 Å². The van der Waals surface area contributed by atoms with E-state index in [1.807, 2.05) is 6.07 Å². The average molecular weight is 342 g/mol. The number of nitro benzene ring substituents is 1. The molecule has 1 fully saturated rings. The summed E-state index contributed by atoms with van der Waals surface area (Å²) >= 11 is 0. The van der Waals surface area contributed by atoms with Gasteiger partial charge in [0, 0.05) is 42.6 Å². The summed E-state index contributed by atoms with van der Waals surface area (Å²) in [4.78, 5) is 21.6. The van der Waals surface area contributed by atoms with Gasteiger partial charge in [0.25, 0.3) is 5.69 Å². The predicted octanol–water partition coefficient (Wildman–Crippen LogP) is 2.61. The van der Waals surface area contributed by atoms with Crippen LogP contribution in [0.3, 0.4) is 0 Å². The predicted molar refractivity (Wildman–Crippen MR) is 97.8 cm³/mol. The lowest BCUT2D eigenvalue weighted by Crippen LogP contribution is -2.42. The summed E-state index contributed by atoms with van der Waals surface area (Å²) in [6.07, 6.45) is 4.38. The lowest BCUT2D eigenvalue weighted by molar-refractivity contribution is -0.384. The molecule has 2 aromatic rings. The van der Waals surface area contributed by atoms with E-state index in [1.54, 1.807) is 18.5 Å². The highest BCUT2D eigenvalue weighted by molar-refractivity contribution is 5.67. The summed E-state index contributed by atoms with van der Waals surface area (Å²) in [7, 11) is 0. The first-order chi connectivity index (χ1) is 12.1. The number of nitrogens with two attached hydrogens (primary N) is 1. The molecule has 8 nitrogen and oxygen atoms in total. The molecular weight excluding hydrogens is 320 g/mol. The molecule has 3 rings (SSSR count). The summed E-state index contributed by atoms with van der Waals surface area (Å²) in [6, 6.07) is 6.71. The zero-order valence-corrected chi connectivity index (χ0v) is 14.2. The van der Waals surface area contributed by atoms with Crippen LogP contribution >= 0.6 is 0 Å². The van der Waals surface area contributed by atoms with Crippen molar-refractivity contribution in [3.8, 4) is 0 Å². The maximum Gasteiger partial charge on any atom is 0.292 e. The lowest BCUT2D eigenvalue weighted by atomic mass is 10.0. The summed E-state index contributed by atoms with van der Waals surface area (Å²) in [6.45, 7) is 3.70. The number of nitrogen functional groups attached to an aromatic ring is 1. The fourth-order valence-corrected chi connectivity index (χ4v) is 3.10. The van der Waals surface area contributed by atoms with Crippen LogP contribution in [0.15, 0.2) is 30.6 Å². The molecule has 1 aliphatic rings. The number of benzene rings is 1. The van der Waals surface area contributed by atoms with Crippen molar-refractivity contribution >= 4 is 22.9 Å². The molecule has 132 valence electrons. The second-order valence-electron chi connectivity index (χ2n) is 6.18. The molecule has 0 spiro atoms. The number of hydrogen-bond acceptors (Lipinski definition) is 7. The molecule has 0 saturated carbocycles. The van der Waals surface area contributed by atoms with Crippen LogP contribution in [0, 0.1) is 10.1 Å². The fraction of sp³-hybridized carbons (Fsp3) is 0.412. The Morgan fingerprint density at radius 1 is 1.40 bits per heavy atom. The highest BCUT2D eigenvalue weighted by Gasteiger charge is 2.24. The first-order valence-corrected chi connectivity index (χ1v) is 8.43. The number of hydrogen-bond donors (Lipinski definition) is 2. The van der Waals surface area contributed by atoms with Gasteiger partial charge in [-0.05, 0) is 31.4 Å². The van der Waals surface area contributed by atoms with E-state index in [0.29, 0.717) is 11.4 Å². The second kappa shape index (κ2) is 7.33. The molecule has 1 saturated heterocycles. The van der Waals surface area contributed by atoms with Crippen LogP contribution in [-0.4, -0.2) is 34.0 Å². The molecular formula is C17H22N6O2. The van der Waals surface area contributed by atoms with Gasteiger partial charge in [0.15, 0.2) is 0 Å². The number of nitro groups is 1. The van der Waals surface area contributed by atoms with Crippen molar-refractivity contribution in [1.82, 2.24) is 9.97 Å². The minimum atomic E-state index is -0.389. The van der Waals surface area contributed by atoms with Crippen molar-refractivity contribution in [2.24, 2.45) is 0 Å². The van der Waals surface area contributed by atoms with Gasteiger partial charge in [0.05, 0.1) is 4.92 Å². The van der Waals surface area contributed by atoms with E-state index in [-0.39, 0.29) is 16.7 Å². The Balaban J connectivity index is 1.76. The average Bonchev–Trinajstić information content (AvgIpc) is 2.62. The third-order valence-electron chi connectivity index (χ3n) is 4.39. The molecule has 0 unspecified atom stereocenters. The van der Waals surface area contributed by atoms with Crippen LogP contribution in [0.5, 0.6) is 0 Å². The molecule has 25 heavy (non-hydrogen) atoms. The van der Waals surface area contributed by atoms with E-state index in [1.165, 1.54) is 6.07 Å². The number of anilines is 3. The first kappa shape index (κ1) is 16.9. The van der Waals surface area contributed by atoms with Gasteiger partial charge < -0.3 is 16.0 Å². The molecule has 0 amide bonds. The topological polar surface area (TPSA) is 110 Å². The van der Waals surface area contributed by atoms with Crippen LogP contribution < -0.4 is 16.0 Å². The third kappa shape index (κ3) is 3.96. The number of aryl methyl sites for hydroxylation is 1. The van der Waals surface area contributed by atoms with Crippen molar-refractivity contribution in [2.75, 3.05) is 29.0 Å². The van der Waals surface area contributed by atoms with Gasteiger partial charge in [-0.25, -0.2) is 9.97 Å². The van der Waals surface area contributed by atoms with Crippen LogP contribution in [0.1, 0.15) is 25.5 Å². The van der Waals surface area contributed by atoms with E-state index in [0.717, 1.165) is 43.9 Å². The number of rotatable bonds is 5. The Hall–Kier alpha value is -2.90. The highest BCUT2D eigenvalue weighted by Crippen LogP contribution is 2.29. The van der Waals surface area contributed by atoms with Gasteiger partial charge in [-0.15, -0.1) is 0 Å². The number of aromatic nitrogens is 2. The van der Waals surface area contributed by atoms with Crippen LogP contribution in [0.2, 0.25) is 0 Å². The Morgan fingerprint density at radius 3 is 3.00 bits per heavy atom. The van der Waals surface area contributed by atoms with E-state index >= 15 is 0 Å². The van der Waals surface area contributed by atoms with Gasteiger partial charge >= 0.3 is 0 Å². The quantitative estimate of drug-likeness (QED) is 0.488. The normalized spacial score (nSPS) is 17.3. The number of nitrogens with one attached hydrogen (secondary N) is 1. The van der Waals surface area contributed by atoms with E-state index in [9.17, 15) is 10.1 Å². The SMILES string of the molecule is CCc1cc(N2CCC[C@H](Nc3cc(N)ccc3[N+](=O)[O-])C2)ncn1. The molecule has 1 atom stereocenters. The maximum absolute atomic E-state index is 11.2. The van der Waals surface area contributed by atoms with Gasteiger partial charge in [0.1, 0.15) is 17.8 Å². The molecule has 0 aliphatic carbocycles. The molecule has 8 heteroatoms. The van der Waals surface area contributed by atoms with Gasteiger partial charge in [-0.3, -0.25) is 10.1 Å². The van der Waals surface area contributed by atoms with Crippen molar-refractivity contribution in [3.63, 3.8) is 0 Å². The Morgan fingerprint density at radius 2 is 2.24 bits per heavy atom. The highest BCUT2D eigenvalue weighted by atomic mass is 16.6. The maximum atomic E-state index is 11.2. The molecule has 1 aliphatic heterocycles. The van der Waals surface area contributed by atoms with Crippen LogP contribution in [0.25, 0.3) is 0 Å². The Kier molecular flexibility index (Phi) is 4.97. The molecule has 2 heterocycles. The zero-order valence-electron chi connectivity index (χ0n) is 14.2. The summed E-state index contributed by atoms with van der Waals surface area (Å²) in [5.74, 6) is 0.903. The van der Waals surface area contributed by atoms with E-state index in [4.69, 9.17) is 5.73 Å². The van der Waals surface area contributed by atoms with E-state index in [2.05, 4.69) is 27.1 Å². The Bertz CT molecular complexity index is 767. The first-order valence-electron chi connectivity index (χ1n) is 8.43. The van der Waals surface area contributed by atoms with Gasteiger partial charge in [-0.2, -0.15) is 0 Å². The van der Waals surface area contributed by atoms with Crippen molar-refractivity contribution in [3.05, 3.63) is 46.4 Å². The smallest absolute Gasteiger partial charge is 0.292 e. The molecule has 0 bridgehead atoms. The standard InChI is InChI=1S/C17H22N6O2/c1-2-13-9-17(20-11-19-13)22-7-3-4-14(10-22)21-15-8-12(18)5-6-16(15)23(24)25/h5-6,8-9,11,14,21H,2-4,7,10,18H2,1H3/t14-/m0/s1. The molecule has 3 N–H and O–H groups in total. The van der Waals surface area contributed by atoms with Gasteiger partial charge in [-0.1, -0.05) is 6.92 Å². The number of piperidine rings is 1. The van der Waals surface area contributed by atoms with Crippen LogP contribution in [0.4, 0.5) is 22.9 Å². The Labute approximate surface area is 146 Å². The lowest BCUT2D eigenvalue weighted by Gasteiger charge is -2.34.